The second kappa shape index (κ2) is 9.08. The number of amides is 2. The van der Waals surface area contributed by atoms with Crippen molar-refractivity contribution in [2.45, 2.75) is 44.6 Å². The van der Waals surface area contributed by atoms with Crippen molar-refractivity contribution < 1.29 is 19.5 Å². The van der Waals surface area contributed by atoms with E-state index >= 15 is 0 Å². The first-order chi connectivity index (χ1) is 14.5. The summed E-state index contributed by atoms with van der Waals surface area (Å²) in [5, 5.41) is 6.89. The van der Waals surface area contributed by atoms with Crippen molar-refractivity contribution in [3.8, 4) is 0 Å². The van der Waals surface area contributed by atoms with Gasteiger partial charge in [0.05, 0.1) is 5.92 Å². The van der Waals surface area contributed by atoms with Crippen molar-refractivity contribution in [2.24, 2.45) is 29.6 Å². The number of carbonyl (C=O) groups excluding carboxylic acids is 2. The Balaban J connectivity index is 0.000000687. The molecule has 4 bridgehead atoms. The summed E-state index contributed by atoms with van der Waals surface area (Å²) in [5.74, 6) is 4.02. The Labute approximate surface area is 179 Å². The number of carboxylic acid groups (broad SMARTS) is 1. The van der Waals surface area contributed by atoms with Crippen molar-refractivity contribution in [1.82, 2.24) is 14.7 Å². The fraction of sp³-hybridized carbons (Fsp3) is 0.783. The van der Waals surface area contributed by atoms with E-state index in [1.54, 1.807) is 11.0 Å². The van der Waals surface area contributed by atoms with Gasteiger partial charge >= 0.3 is 0 Å². The lowest BCUT2D eigenvalue weighted by Crippen LogP contribution is -2.61. The molecule has 4 saturated carbocycles. The fourth-order valence-corrected chi connectivity index (χ4v) is 7.26. The molecule has 30 heavy (non-hydrogen) atoms. The Morgan fingerprint density at radius 2 is 1.60 bits per heavy atom. The van der Waals surface area contributed by atoms with E-state index in [2.05, 4.69) is 11.5 Å². The molecule has 7 nitrogen and oxygen atoms in total. The zero-order valence-electron chi connectivity index (χ0n) is 17.8. The van der Waals surface area contributed by atoms with E-state index in [1.807, 2.05) is 4.90 Å². The SMILES string of the molecule is C=CCN1CC(C(=O)N2CCN(C3C4CC5CC(C4)CC3C5)CC2)CC1=O.O=CO. The van der Waals surface area contributed by atoms with Gasteiger partial charge in [-0.05, 0) is 55.8 Å². The molecule has 0 spiro atoms. The first-order valence-corrected chi connectivity index (χ1v) is 11.5. The molecule has 0 radical (unpaired) electrons. The summed E-state index contributed by atoms with van der Waals surface area (Å²) in [6.07, 6.45) is 9.46. The average Bonchev–Trinajstić information content (AvgIpc) is 3.08. The van der Waals surface area contributed by atoms with E-state index in [0.717, 1.165) is 55.9 Å². The molecule has 2 amide bonds. The molecule has 6 rings (SSSR count). The summed E-state index contributed by atoms with van der Waals surface area (Å²) < 4.78 is 0. The number of hydrogen-bond donors (Lipinski definition) is 1. The van der Waals surface area contributed by atoms with Gasteiger partial charge in [0.2, 0.25) is 11.8 Å². The van der Waals surface area contributed by atoms with Crippen LogP contribution in [0.25, 0.3) is 0 Å². The summed E-state index contributed by atoms with van der Waals surface area (Å²) in [7, 11) is 0. The molecule has 1 N–H and O–H groups in total. The summed E-state index contributed by atoms with van der Waals surface area (Å²) >= 11 is 0. The number of piperazine rings is 1. The molecule has 4 aliphatic carbocycles. The molecule has 6 fully saturated rings. The van der Waals surface area contributed by atoms with Crippen LogP contribution in [0.1, 0.15) is 38.5 Å². The molecule has 2 saturated heterocycles. The summed E-state index contributed by atoms with van der Waals surface area (Å²) in [4.78, 5) is 39.9. The van der Waals surface area contributed by atoms with Crippen molar-refractivity contribution >= 4 is 18.3 Å². The van der Waals surface area contributed by atoms with Gasteiger partial charge in [-0.25, -0.2) is 0 Å². The van der Waals surface area contributed by atoms with Gasteiger partial charge in [0.25, 0.3) is 6.47 Å². The first-order valence-electron chi connectivity index (χ1n) is 11.5. The van der Waals surface area contributed by atoms with Crippen LogP contribution in [0.4, 0.5) is 0 Å². The lowest BCUT2D eigenvalue weighted by molar-refractivity contribution is -0.139. The van der Waals surface area contributed by atoms with Crippen LogP contribution in [0.2, 0.25) is 0 Å². The second-order valence-electron chi connectivity index (χ2n) is 9.88. The summed E-state index contributed by atoms with van der Waals surface area (Å²) in [6, 6.07) is 0.784. The number of carbonyl (C=O) groups is 3. The van der Waals surface area contributed by atoms with Crippen molar-refractivity contribution in [3.05, 3.63) is 12.7 Å². The minimum Gasteiger partial charge on any atom is -0.483 e. The number of nitrogens with zero attached hydrogens (tertiary/aromatic N) is 3. The van der Waals surface area contributed by atoms with Gasteiger partial charge < -0.3 is 14.9 Å². The topological polar surface area (TPSA) is 81.2 Å². The predicted octanol–water partition coefficient (Wildman–Crippen LogP) is 1.69. The highest BCUT2D eigenvalue weighted by Gasteiger charge is 2.50. The third-order valence-corrected chi connectivity index (χ3v) is 8.14. The van der Waals surface area contributed by atoms with Crippen LogP contribution in [0.15, 0.2) is 12.7 Å². The molecule has 166 valence electrons. The maximum atomic E-state index is 12.9. The van der Waals surface area contributed by atoms with E-state index < -0.39 is 0 Å². The van der Waals surface area contributed by atoms with Crippen LogP contribution in [0.3, 0.4) is 0 Å². The van der Waals surface area contributed by atoms with E-state index in [9.17, 15) is 9.59 Å². The Morgan fingerprint density at radius 1 is 1.03 bits per heavy atom. The van der Waals surface area contributed by atoms with Crippen molar-refractivity contribution in [3.63, 3.8) is 0 Å². The summed E-state index contributed by atoms with van der Waals surface area (Å²) in [6.45, 7) is 8.31. The molecule has 0 aromatic rings. The van der Waals surface area contributed by atoms with Gasteiger partial charge in [-0.1, -0.05) is 6.08 Å². The van der Waals surface area contributed by atoms with E-state index in [0.29, 0.717) is 19.5 Å². The lowest BCUT2D eigenvalue weighted by Gasteiger charge is -2.58. The van der Waals surface area contributed by atoms with Gasteiger partial charge in [-0.3, -0.25) is 19.3 Å². The predicted molar refractivity (Wildman–Crippen MR) is 113 cm³/mol. The van der Waals surface area contributed by atoms with Crippen LogP contribution < -0.4 is 0 Å². The maximum absolute atomic E-state index is 12.9. The van der Waals surface area contributed by atoms with Crippen molar-refractivity contribution in [1.29, 1.82) is 0 Å². The van der Waals surface area contributed by atoms with Crippen LogP contribution in [0.5, 0.6) is 0 Å². The van der Waals surface area contributed by atoms with E-state index in [-0.39, 0.29) is 24.2 Å². The highest BCUT2D eigenvalue weighted by atomic mass is 16.3. The maximum Gasteiger partial charge on any atom is 0.290 e. The normalized spacial score (nSPS) is 37.7. The smallest absolute Gasteiger partial charge is 0.290 e. The zero-order valence-corrected chi connectivity index (χ0v) is 17.8. The molecule has 7 heteroatoms. The van der Waals surface area contributed by atoms with Gasteiger partial charge in [-0.2, -0.15) is 0 Å². The minimum atomic E-state index is -0.250. The third kappa shape index (κ3) is 4.13. The fourth-order valence-electron chi connectivity index (χ4n) is 7.26. The molecule has 6 aliphatic rings. The van der Waals surface area contributed by atoms with Crippen molar-refractivity contribution in [2.75, 3.05) is 39.3 Å². The monoisotopic (exact) mass is 417 g/mol. The Morgan fingerprint density at radius 3 is 2.13 bits per heavy atom. The van der Waals surface area contributed by atoms with Crippen LogP contribution in [-0.2, 0) is 14.4 Å². The standard InChI is InChI=1S/C22H33N3O2.CH2O2/c1-2-3-25-14-19(13-20(25)26)22(27)24-6-4-23(5-7-24)21-17-9-15-8-16(11-17)12-18(21)10-15;2-1-3/h2,15-19,21H,1,3-14H2;1H,(H,2,3). The van der Waals surface area contributed by atoms with E-state index in [1.165, 1.54) is 32.1 Å². The zero-order chi connectivity index (χ0) is 21.3. The Bertz CT molecular complexity index is 645. The molecule has 2 aliphatic heterocycles. The Kier molecular flexibility index (Phi) is 6.46. The van der Waals surface area contributed by atoms with Gasteiger partial charge in [0.1, 0.15) is 0 Å². The highest BCUT2D eigenvalue weighted by molar-refractivity contribution is 5.89. The highest BCUT2D eigenvalue weighted by Crippen LogP contribution is 2.55. The van der Waals surface area contributed by atoms with Crippen LogP contribution in [0, 0.1) is 29.6 Å². The molecule has 2 heterocycles. The molecule has 0 aromatic carbocycles. The minimum absolute atomic E-state index is 0.0977. The average molecular weight is 418 g/mol. The molecular formula is C23H35N3O4. The Hall–Kier alpha value is -1.89. The number of hydrogen-bond acceptors (Lipinski definition) is 4. The molecular weight excluding hydrogens is 382 g/mol. The van der Waals surface area contributed by atoms with Crippen LogP contribution >= 0.6 is 0 Å². The third-order valence-electron chi connectivity index (χ3n) is 8.14. The summed E-state index contributed by atoms with van der Waals surface area (Å²) in [5.41, 5.74) is 0. The first kappa shape index (κ1) is 21.3. The van der Waals surface area contributed by atoms with Crippen LogP contribution in [-0.4, -0.2) is 83.4 Å². The largest absolute Gasteiger partial charge is 0.483 e. The lowest BCUT2D eigenvalue weighted by atomic mass is 9.54. The van der Waals surface area contributed by atoms with E-state index in [4.69, 9.17) is 9.90 Å². The number of likely N-dealkylation sites (tertiary alicyclic amines) is 1. The molecule has 0 aromatic heterocycles. The van der Waals surface area contributed by atoms with Gasteiger partial charge in [0, 0.05) is 51.7 Å². The van der Waals surface area contributed by atoms with Gasteiger partial charge in [-0.15, -0.1) is 6.58 Å². The van der Waals surface area contributed by atoms with Gasteiger partial charge in [0.15, 0.2) is 0 Å². The molecule has 1 atom stereocenters. The number of rotatable bonds is 4. The molecule has 1 unspecified atom stereocenters. The second-order valence-corrected chi connectivity index (χ2v) is 9.88. The quantitative estimate of drug-likeness (QED) is 0.556.